The largest absolute Gasteiger partial charge is 0.271 e. The number of aromatic nitrogens is 1. The number of halogens is 2. The zero-order chi connectivity index (χ0) is 12.3. The van der Waals surface area contributed by atoms with Crippen molar-refractivity contribution in [3.8, 4) is 0 Å². The summed E-state index contributed by atoms with van der Waals surface area (Å²) in [6.45, 7) is 0. The van der Waals surface area contributed by atoms with E-state index in [4.69, 9.17) is 17.4 Å². The van der Waals surface area contributed by atoms with E-state index in [0.717, 1.165) is 11.8 Å². The number of hydrogen-bond acceptors (Lipinski definition) is 3. The SMILES string of the molecule is NNC(c1cccc(Cl)c1)c1ccncc1F. The number of nitrogens with two attached hydrogens (primary N) is 1. The molecule has 2 aromatic rings. The molecule has 1 aromatic heterocycles. The third-order valence-corrected chi connectivity index (χ3v) is 2.70. The molecule has 0 amide bonds. The van der Waals surface area contributed by atoms with Crippen LogP contribution >= 0.6 is 11.6 Å². The van der Waals surface area contributed by atoms with Crippen molar-refractivity contribution in [2.24, 2.45) is 5.84 Å². The maximum atomic E-state index is 13.6. The molecule has 0 saturated heterocycles. The van der Waals surface area contributed by atoms with Crippen molar-refractivity contribution in [3.05, 3.63) is 64.7 Å². The van der Waals surface area contributed by atoms with Crippen molar-refractivity contribution >= 4 is 11.6 Å². The van der Waals surface area contributed by atoms with Gasteiger partial charge in [-0.3, -0.25) is 10.8 Å². The summed E-state index contributed by atoms with van der Waals surface area (Å²) in [7, 11) is 0. The average Bonchev–Trinajstić information content (AvgIpc) is 2.33. The van der Waals surface area contributed by atoms with E-state index in [1.807, 2.05) is 6.07 Å². The number of rotatable bonds is 3. The van der Waals surface area contributed by atoms with Gasteiger partial charge in [0.2, 0.25) is 0 Å². The van der Waals surface area contributed by atoms with Gasteiger partial charge in [-0.15, -0.1) is 0 Å². The third-order valence-electron chi connectivity index (χ3n) is 2.46. The van der Waals surface area contributed by atoms with Gasteiger partial charge in [-0.25, -0.2) is 9.82 Å². The first-order valence-electron chi connectivity index (χ1n) is 5.03. The minimum atomic E-state index is -0.448. The summed E-state index contributed by atoms with van der Waals surface area (Å²) in [6, 6.07) is 8.25. The van der Waals surface area contributed by atoms with E-state index in [9.17, 15) is 4.39 Å². The van der Waals surface area contributed by atoms with Gasteiger partial charge in [0.25, 0.3) is 0 Å². The molecule has 1 atom stereocenters. The van der Waals surface area contributed by atoms with E-state index < -0.39 is 11.9 Å². The van der Waals surface area contributed by atoms with Crippen molar-refractivity contribution in [3.63, 3.8) is 0 Å². The molecule has 17 heavy (non-hydrogen) atoms. The lowest BCUT2D eigenvalue weighted by Gasteiger charge is -2.17. The lowest BCUT2D eigenvalue weighted by molar-refractivity contribution is 0.555. The minimum Gasteiger partial charge on any atom is -0.271 e. The molecule has 0 fully saturated rings. The first kappa shape index (κ1) is 12.0. The molecule has 1 aromatic carbocycles. The highest BCUT2D eigenvalue weighted by Crippen LogP contribution is 2.24. The molecule has 3 nitrogen and oxygen atoms in total. The Kier molecular flexibility index (Phi) is 3.68. The van der Waals surface area contributed by atoms with E-state index >= 15 is 0 Å². The number of hydrazine groups is 1. The Hall–Kier alpha value is -1.49. The standard InChI is InChI=1S/C12H11ClFN3/c13-9-3-1-2-8(6-9)12(17-15)10-4-5-16-7-11(10)14/h1-7,12,17H,15H2. The van der Waals surface area contributed by atoms with Crippen LogP contribution in [0.2, 0.25) is 5.02 Å². The second kappa shape index (κ2) is 5.23. The molecule has 2 rings (SSSR count). The van der Waals surface area contributed by atoms with Gasteiger partial charge in [-0.2, -0.15) is 0 Å². The fraction of sp³-hybridized carbons (Fsp3) is 0.0833. The average molecular weight is 252 g/mol. The topological polar surface area (TPSA) is 50.9 Å². The van der Waals surface area contributed by atoms with E-state index in [-0.39, 0.29) is 0 Å². The number of benzene rings is 1. The second-order valence-corrected chi connectivity index (χ2v) is 3.99. The van der Waals surface area contributed by atoms with Crippen LogP contribution in [0.15, 0.2) is 42.7 Å². The Morgan fingerprint density at radius 2 is 2.18 bits per heavy atom. The summed E-state index contributed by atoms with van der Waals surface area (Å²) in [4.78, 5) is 3.70. The molecule has 1 heterocycles. The molecule has 0 bridgehead atoms. The van der Waals surface area contributed by atoms with E-state index in [0.29, 0.717) is 10.6 Å². The fourth-order valence-corrected chi connectivity index (χ4v) is 1.87. The number of nitrogens with zero attached hydrogens (tertiary/aromatic N) is 1. The molecule has 0 aliphatic rings. The molecule has 1 unspecified atom stereocenters. The lowest BCUT2D eigenvalue weighted by Crippen LogP contribution is -2.29. The first-order valence-corrected chi connectivity index (χ1v) is 5.41. The smallest absolute Gasteiger partial charge is 0.146 e. The van der Waals surface area contributed by atoms with Gasteiger partial charge >= 0.3 is 0 Å². The molecule has 0 aliphatic carbocycles. The summed E-state index contributed by atoms with van der Waals surface area (Å²) in [5.41, 5.74) is 3.81. The monoisotopic (exact) mass is 251 g/mol. The highest BCUT2D eigenvalue weighted by molar-refractivity contribution is 6.30. The molecule has 0 spiro atoms. The molecular formula is C12H11ClFN3. The van der Waals surface area contributed by atoms with E-state index in [1.54, 1.807) is 24.3 Å². The second-order valence-electron chi connectivity index (χ2n) is 3.55. The molecule has 5 heteroatoms. The summed E-state index contributed by atoms with van der Waals surface area (Å²) < 4.78 is 13.6. The highest BCUT2D eigenvalue weighted by atomic mass is 35.5. The van der Waals surface area contributed by atoms with Gasteiger partial charge in [0, 0.05) is 16.8 Å². The Balaban J connectivity index is 2.44. The fourth-order valence-electron chi connectivity index (χ4n) is 1.67. The lowest BCUT2D eigenvalue weighted by atomic mass is 10.00. The van der Waals surface area contributed by atoms with Gasteiger partial charge in [0.05, 0.1) is 12.2 Å². The normalized spacial score (nSPS) is 12.4. The summed E-state index contributed by atoms with van der Waals surface area (Å²) in [5.74, 6) is 5.07. The predicted molar refractivity (Wildman–Crippen MR) is 64.8 cm³/mol. The molecule has 0 saturated carbocycles. The van der Waals surface area contributed by atoms with Crippen molar-refractivity contribution < 1.29 is 4.39 Å². The van der Waals surface area contributed by atoms with Gasteiger partial charge in [0.15, 0.2) is 0 Å². The molecule has 3 N–H and O–H groups in total. The van der Waals surface area contributed by atoms with Crippen LogP contribution in [0.4, 0.5) is 4.39 Å². The molecular weight excluding hydrogens is 241 g/mol. The Morgan fingerprint density at radius 1 is 1.35 bits per heavy atom. The van der Waals surface area contributed by atoms with Crippen LogP contribution in [0.25, 0.3) is 0 Å². The van der Waals surface area contributed by atoms with Crippen molar-refractivity contribution in [1.29, 1.82) is 0 Å². The van der Waals surface area contributed by atoms with Crippen LogP contribution in [0.3, 0.4) is 0 Å². The van der Waals surface area contributed by atoms with Crippen LogP contribution in [0.1, 0.15) is 17.2 Å². The predicted octanol–water partition coefficient (Wildman–Crippen LogP) is 2.43. The molecule has 0 aliphatic heterocycles. The first-order chi connectivity index (χ1) is 8.22. The van der Waals surface area contributed by atoms with Gasteiger partial charge < -0.3 is 0 Å². The third kappa shape index (κ3) is 2.61. The summed E-state index contributed by atoms with van der Waals surface area (Å²) in [5, 5.41) is 0.581. The Labute approximate surface area is 103 Å². The number of nitrogens with one attached hydrogen (secondary N) is 1. The van der Waals surface area contributed by atoms with Crippen LogP contribution in [0, 0.1) is 5.82 Å². The minimum absolute atomic E-state index is 0.407. The van der Waals surface area contributed by atoms with Crippen molar-refractivity contribution in [2.45, 2.75) is 6.04 Å². The summed E-state index contributed by atoms with van der Waals surface area (Å²) >= 11 is 5.90. The maximum absolute atomic E-state index is 13.6. The molecule has 0 radical (unpaired) electrons. The Morgan fingerprint density at radius 3 is 2.82 bits per heavy atom. The maximum Gasteiger partial charge on any atom is 0.146 e. The summed E-state index contributed by atoms with van der Waals surface area (Å²) in [6.07, 6.45) is 2.68. The quantitative estimate of drug-likeness (QED) is 0.651. The van der Waals surface area contributed by atoms with Crippen LogP contribution in [-0.4, -0.2) is 4.98 Å². The molecule has 88 valence electrons. The van der Waals surface area contributed by atoms with E-state index in [2.05, 4.69) is 10.4 Å². The van der Waals surface area contributed by atoms with E-state index in [1.165, 1.54) is 6.20 Å². The zero-order valence-corrected chi connectivity index (χ0v) is 9.66. The number of pyridine rings is 1. The zero-order valence-electron chi connectivity index (χ0n) is 8.90. The van der Waals surface area contributed by atoms with Crippen LogP contribution in [0.5, 0.6) is 0 Å². The van der Waals surface area contributed by atoms with Crippen molar-refractivity contribution in [2.75, 3.05) is 0 Å². The highest BCUT2D eigenvalue weighted by Gasteiger charge is 2.16. The van der Waals surface area contributed by atoms with Crippen molar-refractivity contribution in [1.82, 2.24) is 10.4 Å². The van der Waals surface area contributed by atoms with Crippen LogP contribution in [-0.2, 0) is 0 Å². The van der Waals surface area contributed by atoms with Gasteiger partial charge in [-0.05, 0) is 23.8 Å². The van der Waals surface area contributed by atoms with Gasteiger partial charge in [-0.1, -0.05) is 23.7 Å². The number of hydrogen-bond donors (Lipinski definition) is 2. The van der Waals surface area contributed by atoms with Gasteiger partial charge in [0.1, 0.15) is 5.82 Å². The Bertz CT molecular complexity index is 519. The van der Waals surface area contributed by atoms with Crippen LogP contribution < -0.4 is 11.3 Å².